The van der Waals surface area contributed by atoms with E-state index in [-0.39, 0.29) is 30.3 Å². The molecule has 8 nitrogen and oxygen atoms in total. The van der Waals surface area contributed by atoms with E-state index in [1.54, 1.807) is 20.8 Å². The fraction of sp³-hybridized carbons (Fsp3) is 0.259. The molecule has 0 atom stereocenters. The van der Waals surface area contributed by atoms with E-state index in [0.29, 0.717) is 5.69 Å². The van der Waals surface area contributed by atoms with Crippen molar-refractivity contribution in [1.29, 1.82) is 0 Å². The van der Waals surface area contributed by atoms with Crippen LogP contribution in [0.2, 0.25) is 0 Å². The lowest BCUT2D eigenvalue weighted by molar-refractivity contribution is -0.131. The van der Waals surface area contributed by atoms with E-state index in [0.717, 1.165) is 24.3 Å². The largest absolute Gasteiger partial charge is 0.454 e. The molecule has 1 heterocycles. The summed E-state index contributed by atoms with van der Waals surface area (Å²) in [6, 6.07) is 9.27. The van der Waals surface area contributed by atoms with Crippen LogP contribution in [0.25, 0.3) is 0 Å². The molecule has 0 bridgehead atoms. The first-order valence-corrected chi connectivity index (χ1v) is 11.7. The molecule has 3 amide bonds. The van der Waals surface area contributed by atoms with Crippen LogP contribution in [0.1, 0.15) is 33.6 Å². The van der Waals surface area contributed by atoms with Gasteiger partial charge in [-0.2, -0.15) is 0 Å². The first-order valence-electron chi connectivity index (χ1n) is 11.7. The number of benzene rings is 2. The van der Waals surface area contributed by atoms with Crippen LogP contribution in [0.15, 0.2) is 54.7 Å². The maximum Gasteiger partial charge on any atom is 0.240 e. The number of nitrogens with zero attached hydrogens (tertiary/aromatic N) is 1. The number of carbonyl (C=O) groups excluding carboxylic acids is 3. The van der Waals surface area contributed by atoms with Gasteiger partial charge < -0.3 is 20.7 Å². The molecule has 1 aliphatic rings. The van der Waals surface area contributed by atoms with Gasteiger partial charge in [-0.1, -0.05) is 20.8 Å². The van der Waals surface area contributed by atoms with Crippen LogP contribution in [-0.4, -0.2) is 22.7 Å². The highest BCUT2D eigenvalue weighted by Gasteiger charge is 2.56. The number of hydrogen-bond acceptors (Lipinski definition) is 5. The topological polar surface area (TPSA) is 109 Å². The summed E-state index contributed by atoms with van der Waals surface area (Å²) in [7, 11) is 0. The van der Waals surface area contributed by atoms with Gasteiger partial charge in [0.1, 0.15) is 22.8 Å². The fourth-order valence-corrected chi connectivity index (χ4v) is 3.38. The molecule has 3 aromatic rings. The molecule has 4 rings (SSSR count). The molecule has 2 aromatic carbocycles. The third-order valence-electron chi connectivity index (χ3n) is 5.87. The Morgan fingerprint density at radius 1 is 0.868 bits per heavy atom. The van der Waals surface area contributed by atoms with Crippen molar-refractivity contribution >= 4 is 34.9 Å². The first-order chi connectivity index (χ1) is 17.9. The van der Waals surface area contributed by atoms with Crippen LogP contribution in [0.4, 0.5) is 30.4 Å². The number of hydrogen-bond donors (Lipinski definition) is 3. The molecule has 1 aromatic heterocycles. The minimum atomic E-state index is -1.45. The molecule has 1 saturated carbocycles. The Kier molecular flexibility index (Phi) is 7.12. The van der Waals surface area contributed by atoms with Gasteiger partial charge in [-0.05, 0) is 43.2 Å². The Balaban J connectivity index is 1.44. The van der Waals surface area contributed by atoms with E-state index in [1.807, 2.05) is 0 Å². The van der Waals surface area contributed by atoms with Gasteiger partial charge in [0.15, 0.2) is 17.4 Å². The van der Waals surface area contributed by atoms with Crippen molar-refractivity contribution in [2.45, 2.75) is 33.6 Å². The van der Waals surface area contributed by atoms with Crippen molar-refractivity contribution in [3.05, 3.63) is 72.2 Å². The Morgan fingerprint density at radius 3 is 2.16 bits per heavy atom. The van der Waals surface area contributed by atoms with E-state index in [1.165, 1.54) is 30.5 Å². The Hall–Kier alpha value is -4.41. The average Bonchev–Trinajstić information content (AvgIpc) is 3.66. The predicted molar refractivity (Wildman–Crippen MR) is 134 cm³/mol. The molecule has 198 valence electrons. The number of rotatable bonds is 7. The van der Waals surface area contributed by atoms with Crippen molar-refractivity contribution in [2.75, 3.05) is 16.0 Å². The molecular weight excluding hydrogens is 501 g/mol. The van der Waals surface area contributed by atoms with Crippen molar-refractivity contribution in [2.24, 2.45) is 10.8 Å². The van der Waals surface area contributed by atoms with Gasteiger partial charge in [-0.25, -0.2) is 18.2 Å². The lowest BCUT2D eigenvalue weighted by Gasteiger charge is -2.17. The molecule has 3 N–H and O–H groups in total. The Bertz CT molecular complexity index is 1400. The smallest absolute Gasteiger partial charge is 0.240 e. The lowest BCUT2D eigenvalue weighted by Crippen LogP contribution is -2.35. The van der Waals surface area contributed by atoms with Crippen LogP contribution >= 0.6 is 0 Å². The highest BCUT2D eigenvalue weighted by Crippen LogP contribution is 2.47. The fourth-order valence-electron chi connectivity index (χ4n) is 3.38. The number of amides is 3. The van der Waals surface area contributed by atoms with Gasteiger partial charge in [-0.3, -0.25) is 14.4 Å². The molecule has 1 fully saturated rings. The lowest BCUT2D eigenvalue weighted by atomic mass is 9.96. The maximum atomic E-state index is 14.8. The Labute approximate surface area is 216 Å². The normalized spacial score (nSPS) is 13.8. The zero-order valence-corrected chi connectivity index (χ0v) is 20.8. The third kappa shape index (κ3) is 5.93. The number of pyridine rings is 1. The van der Waals surface area contributed by atoms with Crippen molar-refractivity contribution in [3.63, 3.8) is 0 Å². The third-order valence-corrected chi connectivity index (χ3v) is 5.87. The van der Waals surface area contributed by atoms with Gasteiger partial charge in [0.25, 0.3) is 0 Å². The van der Waals surface area contributed by atoms with Crippen LogP contribution in [0.5, 0.6) is 11.5 Å². The predicted octanol–water partition coefficient (Wildman–Crippen LogP) is 5.63. The molecule has 0 saturated heterocycles. The molecule has 11 heteroatoms. The van der Waals surface area contributed by atoms with E-state index >= 15 is 0 Å². The van der Waals surface area contributed by atoms with Crippen LogP contribution in [0.3, 0.4) is 0 Å². The van der Waals surface area contributed by atoms with Crippen LogP contribution < -0.4 is 20.7 Å². The summed E-state index contributed by atoms with van der Waals surface area (Å²) in [5, 5.41) is 7.43. The average molecular weight is 527 g/mol. The summed E-state index contributed by atoms with van der Waals surface area (Å²) in [4.78, 5) is 41.7. The standard InChI is InChI=1S/C27H25F3N4O4/c1-26(2,3)23(35)34-22-12-17(8-11-31-22)38-21-14-18(29)20(13-19(21)30)33-25(37)27(9-10-27)24(36)32-16-6-4-15(28)5-7-16/h4-8,11-14H,9-10H2,1-3H3,(H,32,36)(H,33,37)(H,31,34,35). The zero-order chi connectivity index (χ0) is 27.7. The second-order valence-electron chi connectivity index (χ2n) is 9.94. The maximum absolute atomic E-state index is 14.8. The second-order valence-corrected chi connectivity index (χ2v) is 9.94. The van der Waals surface area contributed by atoms with E-state index in [2.05, 4.69) is 20.9 Å². The van der Waals surface area contributed by atoms with Crippen LogP contribution in [0, 0.1) is 28.3 Å². The number of nitrogens with one attached hydrogen (secondary N) is 3. The van der Waals surface area contributed by atoms with Gasteiger partial charge in [0.2, 0.25) is 17.7 Å². The molecule has 0 aliphatic heterocycles. The van der Waals surface area contributed by atoms with Gasteiger partial charge >= 0.3 is 0 Å². The SMILES string of the molecule is CC(C)(C)C(=O)Nc1cc(Oc2cc(F)c(NC(=O)C3(C(=O)Nc4ccc(F)cc4)CC3)cc2F)ccn1. The van der Waals surface area contributed by atoms with Crippen molar-refractivity contribution in [1.82, 2.24) is 4.98 Å². The summed E-state index contributed by atoms with van der Waals surface area (Å²) in [6.45, 7) is 5.18. The minimum Gasteiger partial charge on any atom is -0.454 e. The van der Waals surface area contributed by atoms with Crippen molar-refractivity contribution < 1.29 is 32.3 Å². The van der Waals surface area contributed by atoms with Gasteiger partial charge in [-0.15, -0.1) is 0 Å². The summed E-state index contributed by atoms with van der Waals surface area (Å²) >= 11 is 0. The van der Waals surface area contributed by atoms with E-state index < -0.39 is 51.5 Å². The Morgan fingerprint density at radius 2 is 1.53 bits per heavy atom. The summed E-state index contributed by atoms with van der Waals surface area (Å²) in [5.41, 5.74) is -2.29. The number of anilines is 3. The quantitative estimate of drug-likeness (QED) is 0.346. The minimum absolute atomic E-state index is 0.0914. The number of aromatic nitrogens is 1. The van der Waals surface area contributed by atoms with Gasteiger partial charge in [0, 0.05) is 35.5 Å². The molecule has 1 aliphatic carbocycles. The van der Waals surface area contributed by atoms with E-state index in [9.17, 15) is 27.6 Å². The monoisotopic (exact) mass is 526 g/mol. The molecule has 0 radical (unpaired) electrons. The number of carbonyl (C=O) groups is 3. The second kappa shape index (κ2) is 10.2. The van der Waals surface area contributed by atoms with E-state index in [4.69, 9.17) is 4.74 Å². The molecule has 38 heavy (non-hydrogen) atoms. The number of halogens is 3. The summed E-state index contributed by atoms with van der Waals surface area (Å²) < 4.78 is 48.1. The summed E-state index contributed by atoms with van der Waals surface area (Å²) in [5.74, 6) is -4.36. The molecule has 0 unspecified atom stereocenters. The highest BCUT2D eigenvalue weighted by atomic mass is 19.1. The van der Waals surface area contributed by atoms with Gasteiger partial charge in [0.05, 0.1) is 5.69 Å². The first kappa shape index (κ1) is 26.6. The highest BCUT2D eigenvalue weighted by molar-refractivity contribution is 6.17. The zero-order valence-electron chi connectivity index (χ0n) is 20.8. The van der Waals surface area contributed by atoms with Crippen molar-refractivity contribution in [3.8, 4) is 11.5 Å². The molecule has 0 spiro atoms. The summed E-state index contributed by atoms with van der Waals surface area (Å²) in [6.07, 6.45) is 1.77. The number of ether oxygens (including phenoxy) is 1. The van der Waals surface area contributed by atoms with Crippen LogP contribution in [-0.2, 0) is 14.4 Å². The molecular formula is C27H25F3N4O4.